The van der Waals surface area contributed by atoms with Crippen molar-refractivity contribution < 1.29 is 9.90 Å². The molecule has 0 bridgehead atoms. The van der Waals surface area contributed by atoms with Gasteiger partial charge in [-0.05, 0) is 12.3 Å². The Labute approximate surface area is 79.8 Å². The minimum absolute atomic E-state index is 0.00592. The molecule has 3 heteroatoms. The number of rotatable bonds is 7. The largest absolute Gasteiger partial charge is 0.396 e. The van der Waals surface area contributed by atoms with Crippen LogP contribution in [0, 0.1) is 5.92 Å². The van der Waals surface area contributed by atoms with E-state index in [0.717, 1.165) is 12.8 Å². The maximum Gasteiger partial charge on any atom is 0.223 e. The molecule has 0 aliphatic rings. The number of aliphatic hydroxyl groups is 1. The average molecular weight is 185 g/mol. The van der Waals surface area contributed by atoms with E-state index >= 15 is 0 Å². The van der Waals surface area contributed by atoms with Gasteiger partial charge in [0.25, 0.3) is 0 Å². The van der Waals surface area contributed by atoms with Crippen molar-refractivity contribution in [2.45, 2.75) is 26.2 Å². The van der Waals surface area contributed by atoms with Crippen molar-refractivity contribution >= 4 is 5.91 Å². The van der Waals surface area contributed by atoms with Crippen LogP contribution in [0.4, 0.5) is 0 Å². The molecule has 13 heavy (non-hydrogen) atoms. The van der Waals surface area contributed by atoms with E-state index in [1.165, 1.54) is 0 Å². The van der Waals surface area contributed by atoms with Gasteiger partial charge in [0.15, 0.2) is 0 Å². The van der Waals surface area contributed by atoms with Crippen molar-refractivity contribution in [3.05, 3.63) is 12.7 Å². The molecular formula is C10H19NO2. The van der Waals surface area contributed by atoms with Crippen LogP contribution in [0.2, 0.25) is 0 Å². The van der Waals surface area contributed by atoms with E-state index in [9.17, 15) is 4.79 Å². The molecule has 0 spiro atoms. The lowest BCUT2D eigenvalue weighted by Crippen LogP contribution is -2.28. The lowest BCUT2D eigenvalue weighted by molar-refractivity contribution is -0.120. The quantitative estimate of drug-likeness (QED) is 0.583. The molecule has 0 fully saturated rings. The lowest BCUT2D eigenvalue weighted by atomic mass is 10.0. The molecule has 0 saturated carbocycles. The Morgan fingerprint density at radius 2 is 2.38 bits per heavy atom. The van der Waals surface area contributed by atoms with Gasteiger partial charge < -0.3 is 10.4 Å². The first-order chi connectivity index (χ1) is 6.24. The van der Waals surface area contributed by atoms with Crippen LogP contribution in [0.25, 0.3) is 0 Å². The van der Waals surface area contributed by atoms with E-state index in [4.69, 9.17) is 5.11 Å². The normalized spacial score (nSPS) is 12.2. The van der Waals surface area contributed by atoms with Crippen molar-refractivity contribution in [2.75, 3.05) is 13.2 Å². The molecule has 0 aromatic carbocycles. The highest BCUT2D eigenvalue weighted by molar-refractivity contribution is 5.77. The topological polar surface area (TPSA) is 49.3 Å². The summed E-state index contributed by atoms with van der Waals surface area (Å²) in [5.41, 5.74) is 0. The summed E-state index contributed by atoms with van der Waals surface area (Å²) in [6.45, 7) is 6.39. The van der Waals surface area contributed by atoms with Crippen LogP contribution in [-0.4, -0.2) is 24.2 Å². The molecule has 1 unspecified atom stereocenters. The molecule has 1 atom stereocenters. The second kappa shape index (κ2) is 7.80. The molecule has 2 N–H and O–H groups in total. The van der Waals surface area contributed by atoms with Gasteiger partial charge in [-0.15, -0.1) is 6.58 Å². The van der Waals surface area contributed by atoms with Gasteiger partial charge in [0.05, 0.1) is 0 Å². The van der Waals surface area contributed by atoms with Gasteiger partial charge in [-0.1, -0.05) is 19.4 Å². The van der Waals surface area contributed by atoms with E-state index in [1.807, 2.05) is 0 Å². The summed E-state index contributed by atoms with van der Waals surface area (Å²) in [7, 11) is 0. The molecule has 0 aromatic rings. The second-order valence-electron chi connectivity index (χ2n) is 3.08. The summed E-state index contributed by atoms with van der Waals surface area (Å²) in [5.74, 6) is 0.394. The predicted molar refractivity (Wildman–Crippen MR) is 53.3 cm³/mol. The molecule has 1 amide bonds. The smallest absolute Gasteiger partial charge is 0.223 e. The molecule has 0 aromatic heterocycles. The van der Waals surface area contributed by atoms with Crippen LogP contribution in [0.3, 0.4) is 0 Å². The number of amides is 1. The van der Waals surface area contributed by atoms with Crippen molar-refractivity contribution in [2.24, 2.45) is 5.92 Å². The molecule has 0 aliphatic heterocycles. The third-order valence-electron chi connectivity index (χ3n) is 2.03. The molecule has 0 heterocycles. The van der Waals surface area contributed by atoms with Crippen molar-refractivity contribution in [1.82, 2.24) is 5.32 Å². The first kappa shape index (κ1) is 12.2. The van der Waals surface area contributed by atoms with E-state index < -0.39 is 0 Å². The van der Waals surface area contributed by atoms with Crippen LogP contribution in [0.5, 0.6) is 0 Å². The number of carbonyl (C=O) groups is 1. The van der Waals surface area contributed by atoms with Crippen LogP contribution >= 0.6 is 0 Å². The van der Waals surface area contributed by atoms with E-state index in [0.29, 0.717) is 18.9 Å². The summed E-state index contributed by atoms with van der Waals surface area (Å²) in [4.78, 5) is 11.0. The molecule has 3 nitrogen and oxygen atoms in total. The summed E-state index contributed by atoms with van der Waals surface area (Å²) in [6.07, 6.45) is 3.69. The number of aliphatic hydroxyl groups excluding tert-OH is 1. The Kier molecular flexibility index (Phi) is 7.30. The Morgan fingerprint density at radius 3 is 2.85 bits per heavy atom. The predicted octanol–water partition coefficient (Wildman–Crippen LogP) is 1.09. The molecule has 0 rings (SSSR count). The fourth-order valence-corrected chi connectivity index (χ4v) is 1.09. The number of carbonyl (C=O) groups excluding carboxylic acids is 1. The van der Waals surface area contributed by atoms with Crippen molar-refractivity contribution in [3.8, 4) is 0 Å². The van der Waals surface area contributed by atoms with Gasteiger partial charge in [-0.25, -0.2) is 0 Å². The summed E-state index contributed by atoms with van der Waals surface area (Å²) in [6, 6.07) is 0. The molecule has 0 saturated heterocycles. The van der Waals surface area contributed by atoms with Crippen LogP contribution in [-0.2, 0) is 4.79 Å². The van der Waals surface area contributed by atoms with Gasteiger partial charge in [-0.3, -0.25) is 4.79 Å². The van der Waals surface area contributed by atoms with Crippen LogP contribution in [0.1, 0.15) is 26.2 Å². The SMILES string of the molecule is C=CCC(=O)NCC(CC)CCO. The van der Waals surface area contributed by atoms with E-state index in [1.54, 1.807) is 6.08 Å². The van der Waals surface area contributed by atoms with Gasteiger partial charge in [0.1, 0.15) is 0 Å². The number of nitrogens with one attached hydrogen (secondary N) is 1. The van der Waals surface area contributed by atoms with Crippen LogP contribution in [0.15, 0.2) is 12.7 Å². The molecular weight excluding hydrogens is 166 g/mol. The number of hydrogen-bond acceptors (Lipinski definition) is 2. The zero-order valence-electron chi connectivity index (χ0n) is 8.25. The summed E-state index contributed by atoms with van der Waals surface area (Å²) < 4.78 is 0. The van der Waals surface area contributed by atoms with Crippen LogP contribution < -0.4 is 5.32 Å². The maximum absolute atomic E-state index is 11.0. The Balaban J connectivity index is 3.57. The standard InChI is InChI=1S/C10H19NO2/c1-3-5-10(13)11-8-9(4-2)6-7-12/h3,9,12H,1,4-8H2,2H3,(H,11,13). The minimum atomic E-state index is 0.00592. The highest BCUT2D eigenvalue weighted by Gasteiger charge is 2.06. The van der Waals surface area contributed by atoms with Crippen molar-refractivity contribution in [1.29, 1.82) is 0 Å². The van der Waals surface area contributed by atoms with E-state index in [2.05, 4.69) is 18.8 Å². The molecule has 0 aliphatic carbocycles. The second-order valence-corrected chi connectivity index (χ2v) is 3.08. The third kappa shape index (κ3) is 6.34. The summed E-state index contributed by atoms with van der Waals surface area (Å²) in [5, 5.41) is 11.5. The summed E-state index contributed by atoms with van der Waals surface area (Å²) >= 11 is 0. The maximum atomic E-state index is 11.0. The third-order valence-corrected chi connectivity index (χ3v) is 2.03. The van der Waals surface area contributed by atoms with Gasteiger partial charge in [0, 0.05) is 19.6 Å². The highest BCUT2D eigenvalue weighted by Crippen LogP contribution is 2.05. The number of hydrogen-bond donors (Lipinski definition) is 2. The fourth-order valence-electron chi connectivity index (χ4n) is 1.09. The Hall–Kier alpha value is -0.830. The lowest BCUT2D eigenvalue weighted by Gasteiger charge is -2.13. The highest BCUT2D eigenvalue weighted by atomic mass is 16.3. The Bertz CT molecular complexity index is 157. The van der Waals surface area contributed by atoms with Gasteiger partial charge in [0.2, 0.25) is 5.91 Å². The minimum Gasteiger partial charge on any atom is -0.396 e. The molecule has 76 valence electrons. The first-order valence-corrected chi connectivity index (χ1v) is 4.73. The van der Waals surface area contributed by atoms with Crippen molar-refractivity contribution in [3.63, 3.8) is 0 Å². The average Bonchev–Trinajstić information content (AvgIpc) is 2.12. The zero-order valence-corrected chi connectivity index (χ0v) is 8.25. The van der Waals surface area contributed by atoms with Gasteiger partial charge in [-0.2, -0.15) is 0 Å². The fraction of sp³-hybridized carbons (Fsp3) is 0.700. The molecule has 0 radical (unpaired) electrons. The first-order valence-electron chi connectivity index (χ1n) is 4.73. The van der Waals surface area contributed by atoms with Gasteiger partial charge >= 0.3 is 0 Å². The van der Waals surface area contributed by atoms with E-state index in [-0.39, 0.29) is 12.5 Å². The monoisotopic (exact) mass is 185 g/mol. The Morgan fingerprint density at radius 1 is 1.69 bits per heavy atom. The zero-order chi connectivity index (χ0) is 10.1.